The van der Waals surface area contributed by atoms with Gasteiger partial charge in [-0.05, 0) is 24.6 Å². The van der Waals surface area contributed by atoms with E-state index >= 15 is 0 Å². The number of benzene rings is 1. The summed E-state index contributed by atoms with van der Waals surface area (Å²) in [5, 5.41) is 4.90. The summed E-state index contributed by atoms with van der Waals surface area (Å²) in [5.74, 6) is 1.05. The van der Waals surface area contributed by atoms with E-state index in [0.29, 0.717) is 22.9 Å². The second-order valence-electron chi connectivity index (χ2n) is 5.24. The third-order valence-corrected chi connectivity index (χ3v) is 5.60. The maximum Gasteiger partial charge on any atom is 0.256 e. The fourth-order valence-electron chi connectivity index (χ4n) is 2.18. The molecule has 3 rings (SSSR count). The van der Waals surface area contributed by atoms with Gasteiger partial charge in [0.15, 0.2) is 0 Å². The van der Waals surface area contributed by atoms with Crippen LogP contribution < -0.4 is 10.1 Å². The minimum Gasteiger partial charge on any atom is -0.481 e. The molecule has 0 aliphatic heterocycles. The third kappa shape index (κ3) is 4.58. The summed E-state index contributed by atoms with van der Waals surface area (Å²) in [6, 6.07) is 11.1. The predicted molar refractivity (Wildman–Crippen MR) is 102 cm³/mol. The van der Waals surface area contributed by atoms with Gasteiger partial charge in [0.1, 0.15) is 4.34 Å². The zero-order valence-electron chi connectivity index (χ0n) is 13.9. The molecule has 3 aromatic rings. The SMILES string of the molecule is COc1ccc(NC(=O)c2ccccc2CSc2nc(C)cs2)cn1. The van der Waals surface area contributed by atoms with Gasteiger partial charge in [-0.15, -0.1) is 11.3 Å². The van der Waals surface area contributed by atoms with Gasteiger partial charge in [-0.1, -0.05) is 30.0 Å². The van der Waals surface area contributed by atoms with Crippen LogP contribution in [-0.2, 0) is 5.75 Å². The van der Waals surface area contributed by atoms with Gasteiger partial charge in [0.05, 0.1) is 19.0 Å². The maximum absolute atomic E-state index is 12.6. The standard InChI is InChI=1S/C18H17N3O2S2/c1-12-10-24-18(20-12)25-11-13-5-3-4-6-15(13)17(22)21-14-7-8-16(23-2)19-9-14/h3-10H,11H2,1-2H3,(H,21,22). The third-order valence-electron chi connectivity index (χ3n) is 3.41. The summed E-state index contributed by atoms with van der Waals surface area (Å²) in [4.78, 5) is 21.2. The van der Waals surface area contributed by atoms with Crippen molar-refractivity contribution in [3.8, 4) is 5.88 Å². The highest BCUT2D eigenvalue weighted by Gasteiger charge is 2.12. The Morgan fingerprint density at radius 3 is 2.80 bits per heavy atom. The van der Waals surface area contributed by atoms with Crippen LogP contribution in [0.15, 0.2) is 52.3 Å². The van der Waals surface area contributed by atoms with Crippen LogP contribution >= 0.6 is 23.1 Å². The Morgan fingerprint density at radius 1 is 1.28 bits per heavy atom. The summed E-state index contributed by atoms with van der Waals surface area (Å²) in [6.07, 6.45) is 1.58. The summed E-state index contributed by atoms with van der Waals surface area (Å²) in [5.41, 5.74) is 3.27. The molecule has 1 aromatic carbocycles. The average molecular weight is 371 g/mol. The van der Waals surface area contributed by atoms with Crippen LogP contribution in [0.2, 0.25) is 0 Å². The molecule has 0 bridgehead atoms. The predicted octanol–water partition coefficient (Wildman–Crippen LogP) is 4.40. The molecule has 0 radical (unpaired) electrons. The van der Waals surface area contributed by atoms with E-state index < -0.39 is 0 Å². The number of nitrogens with zero attached hydrogens (tertiary/aromatic N) is 2. The average Bonchev–Trinajstić information content (AvgIpc) is 3.06. The quantitative estimate of drug-likeness (QED) is 0.651. The molecule has 128 valence electrons. The van der Waals surface area contributed by atoms with Crippen molar-refractivity contribution in [1.29, 1.82) is 0 Å². The monoisotopic (exact) mass is 371 g/mol. The molecule has 0 saturated carbocycles. The Balaban J connectivity index is 1.71. The number of aromatic nitrogens is 2. The lowest BCUT2D eigenvalue weighted by Gasteiger charge is -2.10. The van der Waals surface area contributed by atoms with Gasteiger partial charge in [-0.2, -0.15) is 0 Å². The normalized spacial score (nSPS) is 10.5. The molecule has 1 amide bonds. The van der Waals surface area contributed by atoms with Crippen molar-refractivity contribution in [2.24, 2.45) is 0 Å². The minimum absolute atomic E-state index is 0.154. The summed E-state index contributed by atoms with van der Waals surface area (Å²) in [6.45, 7) is 1.98. The van der Waals surface area contributed by atoms with E-state index in [2.05, 4.69) is 15.3 Å². The van der Waals surface area contributed by atoms with E-state index in [1.807, 2.05) is 36.6 Å². The number of nitrogens with one attached hydrogen (secondary N) is 1. The first-order valence-electron chi connectivity index (χ1n) is 7.60. The van der Waals surface area contributed by atoms with Crippen LogP contribution in [0.1, 0.15) is 21.6 Å². The summed E-state index contributed by atoms with van der Waals surface area (Å²) < 4.78 is 6.03. The molecule has 25 heavy (non-hydrogen) atoms. The van der Waals surface area contributed by atoms with Gasteiger partial charge >= 0.3 is 0 Å². The fraction of sp³-hybridized carbons (Fsp3) is 0.167. The highest BCUT2D eigenvalue weighted by Crippen LogP contribution is 2.27. The molecule has 7 heteroatoms. The van der Waals surface area contributed by atoms with Gasteiger partial charge in [0, 0.05) is 28.5 Å². The number of ether oxygens (including phenoxy) is 1. The molecule has 0 spiro atoms. The van der Waals surface area contributed by atoms with E-state index in [1.54, 1.807) is 48.5 Å². The molecule has 0 atom stereocenters. The molecule has 0 saturated heterocycles. The summed E-state index contributed by atoms with van der Waals surface area (Å²) >= 11 is 3.26. The Kier molecular flexibility index (Phi) is 5.67. The molecular weight excluding hydrogens is 354 g/mol. The lowest BCUT2D eigenvalue weighted by Crippen LogP contribution is -2.14. The number of hydrogen-bond acceptors (Lipinski definition) is 6. The highest BCUT2D eigenvalue weighted by molar-refractivity contribution is 8.00. The van der Waals surface area contributed by atoms with Gasteiger partial charge in [-0.25, -0.2) is 9.97 Å². The van der Waals surface area contributed by atoms with E-state index in [4.69, 9.17) is 4.74 Å². The van der Waals surface area contributed by atoms with E-state index in [0.717, 1.165) is 15.6 Å². The van der Waals surface area contributed by atoms with Crippen molar-refractivity contribution >= 4 is 34.7 Å². The number of thioether (sulfide) groups is 1. The Morgan fingerprint density at radius 2 is 2.12 bits per heavy atom. The van der Waals surface area contributed by atoms with Crippen LogP contribution in [0, 0.1) is 6.92 Å². The molecule has 1 N–H and O–H groups in total. The number of thiazole rings is 1. The van der Waals surface area contributed by atoms with Crippen molar-refractivity contribution in [1.82, 2.24) is 9.97 Å². The molecular formula is C18H17N3O2S2. The second-order valence-corrected chi connectivity index (χ2v) is 7.32. The number of hydrogen-bond donors (Lipinski definition) is 1. The second kappa shape index (κ2) is 8.13. The molecule has 0 aliphatic carbocycles. The first-order chi connectivity index (χ1) is 12.2. The number of anilines is 1. The van der Waals surface area contributed by atoms with Gasteiger partial charge in [0.2, 0.25) is 5.88 Å². The van der Waals surface area contributed by atoms with Crippen LogP contribution in [-0.4, -0.2) is 23.0 Å². The van der Waals surface area contributed by atoms with E-state index in [-0.39, 0.29) is 5.91 Å². The fourth-order valence-corrected chi connectivity index (χ4v) is 4.03. The molecule has 2 heterocycles. The first-order valence-corrected chi connectivity index (χ1v) is 9.46. The molecule has 0 fully saturated rings. The smallest absolute Gasteiger partial charge is 0.256 e. The zero-order chi connectivity index (χ0) is 17.6. The topological polar surface area (TPSA) is 64.1 Å². The summed E-state index contributed by atoms with van der Waals surface area (Å²) in [7, 11) is 1.55. The van der Waals surface area contributed by atoms with Crippen molar-refractivity contribution in [2.75, 3.05) is 12.4 Å². The Bertz CT molecular complexity index is 863. The lowest BCUT2D eigenvalue weighted by molar-refractivity contribution is 0.102. The van der Waals surface area contributed by atoms with Crippen LogP contribution in [0.5, 0.6) is 5.88 Å². The van der Waals surface area contributed by atoms with Crippen molar-refractivity contribution in [3.05, 3.63) is 64.8 Å². The van der Waals surface area contributed by atoms with Crippen LogP contribution in [0.3, 0.4) is 0 Å². The molecule has 2 aromatic heterocycles. The molecule has 0 aliphatic rings. The minimum atomic E-state index is -0.154. The van der Waals surface area contributed by atoms with Gasteiger partial charge < -0.3 is 10.1 Å². The highest BCUT2D eigenvalue weighted by atomic mass is 32.2. The molecule has 5 nitrogen and oxygen atoms in total. The van der Waals surface area contributed by atoms with Crippen LogP contribution in [0.25, 0.3) is 0 Å². The molecule has 0 unspecified atom stereocenters. The Hall–Kier alpha value is -2.38. The van der Waals surface area contributed by atoms with Gasteiger partial charge in [0.25, 0.3) is 5.91 Å². The number of methoxy groups -OCH3 is 1. The number of pyridine rings is 1. The largest absolute Gasteiger partial charge is 0.481 e. The van der Waals surface area contributed by atoms with Crippen LogP contribution in [0.4, 0.5) is 5.69 Å². The van der Waals surface area contributed by atoms with Crippen molar-refractivity contribution < 1.29 is 9.53 Å². The van der Waals surface area contributed by atoms with Gasteiger partial charge in [-0.3, -0.25) is 4.79 Å². The number of amides is 1. The first kappa shape index (κ1) is 17.4. The number of rotatable bonds is 6. The zero-order valence-corrected chi connectivity index (χ0v) is 15.5. The van der Waals surface area contributed by atoms with E-state index in [9.17, 15) is 4.79 Å². The van der Waals surface area contributed by atoms with Crippen molar-refractivity contribution in [3.63, 3.8) is 0 Å². The lowest BCUT2D eigenvalue weighted by atomic mass is 10.1. The number of carbonyl (C=O) groups excluding carboxylic acids is 1. The maximum atomic E-state index is 12.6. The van der Waals surface area contributed by atoms with Crippen molar-refractivity contribution in [2.45, 2.75) is 17.0 Å². The van der Waals surface area contributed by atoms with E-state index in [1.165, 1.54) is 0 Å². The Labute approximate surface area is 154 Å². The number of aryl methyl sites for hydroxylation is 1. The number of carbonyl (C=O) groups is 1.